The normalized spacial score (nSPS) is 19.5. The van der Waals surface area contributed by atoms with Gasteiger partial charge in [-0.15, -0.1) is 5.10 Å². The molecule has 0 saturated carbocycles. The van der Waals surface area contributed by atoms with Gasteiger partial charge < -0.3 is 10.6 Å². The molecule has 0 bridgehead atoms. The van der Waals surface area contributed by atoms with Gasteiger partial charge in [0, 0.05) is 12.6 Å². The number of hydrogen-bond acceptors (Lipinski definition) is 5. The van der Waals surface area contributed by atoms with E-state index in [9.17, 15) is 4.79 Å². The van der Waals surface area contributed by atoms with E-state index in [1.807, 2.05) is 0 Å². The molecule has 1 amide bonds. The third-order valence-corrected chi connectivity index (χ3v) is 3.69. The molecule has 17 heavy (non-hydrogen) atoms. The first kappa shape index (κ1) is 12.4. The molecule has 0 radical (unpaired) electrons. The van der Waals surface area contributed by atoms with Crippen molar-refractivity contribution in [2.75, 3.05) is 13.1 Å². The first-order valence-corrected chi connectivity index (χ1v) is 6.91. The van der Waals surface area contributed by atoms with Crippen LogP contribution in [0, 0.1) is 0 Å². The van der Waals surface area contributed by atoms with E-state index in [1.165, 1.54) is 18.0 Å². The molecule has 1 aliphatic heterocycles. The first-order chi connectivity index (χ1) is 8.31. The van der Waals surface area contributed by atoms with Crippen molar-refractivity contribution in [1.29, 1.82) is 0 Å². The Bertz CT molecular complexity index is 373. The van der Waals surface area contributed by atoms with E-state index in [0.29, 0.717) is 17.5 Å². The van der Waals surface area contributed by atoms with Gasteiger partial charge in [0.1, 0.15) is 4.88 Å². The summed E-state index contributed by atoms with van der Waals surface area (Å²) in [6.45, 7) is 3.83. The molecule has 1 aromatic heterocycles. The number of amides is 1. The molecule has 0 aliphatic carbocycles. The molecule has 1 aromatic rings. The number of aryl methyl sites for hydroxylation is 1. The fourth-order valence-corrected chi connectivity index (χ4v) is 2.63. The van der Waals surface area contributed by atoms with Gasteiger partial charge in [-0.05, 0) is 37.3 Å². The molecule has 1 unspecified atom stereocenters. The third kappa shape index (κ3) is 3.23. The molecule has 0 aromatic carbocycles. The zero-order valence-corrected chi connectivity index (χ0v) is 10.8. The number of rotatable bonds is 5. The fraction of sp³-hybridized carbons (Fsp3) is 0.727. The van der Waals surface area contributed by atoms with Crippen molar-refractivity contribution in [3.8, 4) is 0 Å². The smallest absolute Gasteiger partial charge is 0.265 e. The molecule has 2 heterocycles. The molecule has 0 spiro atoms. The van der Waals surface area contributed by atoms with Crippen LogP contribution in [0.1, 0.15) is 41.6 Å². The average Bonchev–Trinajstić information content (AvgIpc) is 2.97. The number of carbonyl (C=O) groups is 1. The quantitative estimate of drug-likeness (QED) is 0.822. The van der Waals surface area contributed by atoms with Crippen LogP contribution >= 0.6 is 11.5 Å². The highest BCUT2D eigenvalue weighted by atomic mass is 32.1. The van der Waals surface area contributed by atoms with Crippen molar-refractivity contribution in [3.63, 3.8) is 0 Å². The zero-order chi connectivity index (χ0) is 12.1. The van der Waals surface area contributed by atoms with Crippen LogP contribution in [0.25, 0.3) is 0 Å². The molecule has 5 nitrogen and oxygen atoms in total. The first-order valence-electron chi connectivity index (χ1n) is 6.14. The van der Waals surface area contributed by atoms with Gasteiger partial charge >= 0.3 is 0 Å². The number of nitrogens with zero attached hydrogens (tertiary/aromatic N) is 2. The van der Waals surface area contributed by atoms with Crippen LogP contribution in [0.5, 0.6) is 0 Å². The minimum Gasteiger partial charge on any atom is -0.350 e. The molecule has 1 saturated heterocycles. The van der Waals surface area contributed by atoms with E-state index < -0.39 is 0 Å². The summed E-state index contributed by atoms with van der Waals surface area (Å²) < 4.78 is 3.86. The Hall–Kier alpha value is -1.01. The summed E-state index contributed by atoms with van der Waals surface area (Å²) in [5, 5.41) is 10.3. The lowest BCUT2D eigenvalue weighted by Crippen LogP contribution is -2.37. The predicted molar refractivity (Wildman–Crippen MR) is 67.3 cm³/mol. The molecule has 94 valence electrons. The van der Waals surface area contributed by atoms with Crippen LogP contribution in [0.2, 0.25) is 0 Å². The van der Waals surface area contributed by atoms with Crippen molar-refractivity contribution in [2.24, 2.45) is 0 Å². The SMILES string of the molecule is CCCc1nnsc1C(=O)NCC1CCCN1. The van der Waals surface area contributed by atoms with E-state index >= 15 is 0 Å². The molecular formula is C11H18N4OS. The summed E-state index contributed by atoms with van der Waals surface area (Å²) in [4.78, 5) is 12.6. The molecule has 1 fully saturated rings. The average molecular weight is 254 g/mol. The molecule has 6 heteroatoms. The molecule has 1 aliphatic rings. The van der Waals surface area contributed by atoms with Crippen molar-refractivity contribution >= 4 is 17.4 Å². The molecule has 1 atom stereocenters. The number of carbonyl (C=O) groups excluding carboxylic acids is 1. The summed E-state index contributed by atoms with van der Waals surface area (Å²) in [5.74, 6) is -0.0304. The van der Waals surface area contributed by atoms with Crippen LogP contribution in [0.3, 0.4) is 0 Å². The summed E-state index contributed by atoms with van der Waals surface area (Å²) in [6, 6.07) is 0.425. The van der Waals surface area contributed by atoms with Gasteiger partial charge in [0.05, 0.1) is 5.69 Å². The van der Waals surface area contributed by atoms with Crippen molar-refractivity contribution in [2.45, 2.75) is 38.6 Å². The minimum atomic E-state index is -0.0304. The molecule has 2 rings (SSSR count). The van der Waals surface area contributed by atoms with E-state index in [0.717, 1.165) is 31.5 Å². The summed E-state index contributed by atoms with van der Waals surface area (Å²) in [6.07, 6.45) is 4.14. The monoisotopic (exact) mass is 254 g/mol. The largest absolute Gasteiger partial charge is 0.350 e. The lowest BCUT2D eigenvalue weighted by molar-refractivity contribution is 0.0953. The number of aromatic nitrogens is 2. The highest BCUT2D eigenvalue weighted by Crippen LogP contribution is 2.12. The predicted octanol–water partition coefficient (Wildman–Crippen LogP) is 0.972. The Morgan fingerprint density at radius 1 is 1.65 bits per heavy atom. The topological polar surface area (TPSA) is 66.9 Å². The Morgan fingerprint density at radius 2 is 2.53 bits per heavy atom. The lowest BCUT2D eigenvalue weighted by atomic mass is 10.2. The van der Waals surface area contributed by atoms with Gasteiger partial charge in [0.2, 0.25) is 0 Å². The van der Waals surface area contributed by atoms with Gasteiger partial charge in [-0.25, -0.2) is 0 Å². The lowest BCUT2D eigenvalue weighted by Gasteiger charge is -2.10. The van der Waals surface area contributed by atoms with Crippen LogP contribution in [0.15, 0.2) is 0 Å². The van der Waals surface area contributed by atoms with Gasteiger partial charge in [-0.1, -0.05) is 17.8 Å². The Morgan fingerprint density at radius 3 is 3.24 bits per heavy atom. The summed E-state index contributed by atoms with van der Waals surface area (Å²) >= 11 is 1.19. The number of hydrogen-bond donors (Lipinski definition) is 2. The summed E-state index contributed by atoms with van der Waals surface area (Å²) in [5.41, 5.74) is 0.828. The van der Waals surface area contributed by atoms with Gasteiger partial charge in [-0.3, -0.25) is 4.79 Å². The van der Waals surface area contributed by atoms with Gasteiger partial charge in [-0.2, -0.15) is 0 Å². The van der Waals surface area contributed by atoms with Crippen LogP contribution in [-0.2, 0) is 6.42 Å². The van der Waals surface area contributed by atoms with Gasteiger partial charge in [0.25, 0.3) is 5.91 Å². The van der Waals surface area contributed by atoms with E-state index in [4.69, 9.17) is 0 Å². The Labute approximate surface area is 105 Å². The van der Waals surface area contributed by atoms with Crippen LogP contribution in [0.4, 0.5) is 0 Å². The maximum atomic E-state index is 11.9. The maximum Gasteiger partial charge on any atom is 0.265 e. The van der Waals surface area contributed by atoms with E-state index in [1.54, 1.807) is 0 Å². The molecular weight excluding hydrogens is 236 g/mol. The minimum absolute atomic E-state index is 0.0304. The van der Waals surface area contributed by atoms with E-state index in [2.05, 4.69) is 27.1 Å². The van der Waals surface area contributed by atoms with Gasteiger partial charge in [0.15, 0.2) is 0 Å². The highest BCUT2D eigenvalue weighted by molar-refractivity contribution is 7.08. The zero-order valence-electron chi connectivity index (χ0n) is 10.0. The second kappa shape index (κ2) is 6.07. The second-order valence-electron chi connectivity index (χ2n) is 4.30. The highest BCUT2D eigenvalue weighted by Gasteiger charge is 2.18. The summed E-state index contributed by atoms with van der Waals surface area (Å²) in [7, 11) is 0. The van der Waals surface area contributed by atoms with Crippen LogP contribution in [-0.4, -0.2) is 34.6 Å². The van der Waals surface area contributed by atoms with E-state index in [-0.39, 0.29) is 5.91 Å². The molecule has 2 N–H and O–H groups in total. The van der Waals surface area contributed by atoms with Crippen molar-refractivity contribution in [3.05, 3.63) is 10.6 Å². The Kier molecular flexibility index (Phi) is 4.44. The number of nitrogens with one attached hydrogen (secondary N) is 2. The van der Waals surface area contributed by atoms with Crippen molar-refractivity contribution in [1.82, 2.24) is 20.2 Å². The van der Waals surface area contributed by atoms with Crippen molar-refractivity contribution < 1.29 is 4.79 Å². The fourth-order valence-electron chi connectivity index (χ4n) is 2.01. The maximum absolute atomic E-state index is 11.9. The standard InChI is InChI=1S/C11H18N4OS/c1-2-4-9-10(17-15-14-9)11(16)13-7-8-5-3-6-12-8/h8,12H,2-7H2,1H3,(H,13,16). The second-order valence-corrected chi connectivity index (χ2v) is 5.06. The van der Waals surface area contributed by atoms with Crippen LogP contribution < -0.4 is 10.6 Å². The third-order valence-electron chi connectivity index (χ3n) is 2.92. The Balaban J connectivity index is 1.87.